The minimum Gasteiger partial charge on any atom is -0.398 e. The number of hydrogen-bond acceptors (Lipinski definition) is 3. The molecule has 2 fully saturated rings. The molecule has 0 aromatic heterocycles. The van der Waals surface area contributed by atoms with Crippen LogP contribution in [0.1, 0.15) is 31.2 Å². The largest absolute Gasteiger partial charge is 0.398 e. The van der Waals surface area contributed by atoms with Crippen LogP contribution in [0.3, 0.4) is 0 Å². The summed E-state index contributed by atoms with van der Waals surface area (Å²) in [5, 5.41) is 0. The van der Waals surface area contributed by atoms with Crippen LogP contribution >= 0.6 is 0 Å². The van der Waals surface area contributed by atoms with Gasteiger partial charge in [0.2, 0.25) is 0 Å². The highest BCUT2D eigenvalue weighted by atomic mass is 15.3. The maximum atomic E-state index is 6.03. The van der Waals surface area contributed by atoms with Crippen LogP contribution in [0.2, 0.25) is 0 Å². The van der Waals surface area contributed by atoms with Crippen molar-refractivity contribution >= 4 is 5.69 Å². The van der Waals surface area contributed by atoms with Crippen LogP contribution in [-0.4, -0.2) is 42.0 Å². The molecule has 104 valence electrons. The first-order valence-corrected chi connectivity index (χ1v) is 7.63. The van der Waals surface area contributed by atoms with Crippen molar-refractivity contribution in [2.45, 2.75) is 38.3 Å². The zero-order chi connectivity index (χ0) is 13.1. The second kappa shape index (κ2) is 5.93. The maximum absolute atomic E-state index is 6.03. The van der Waals surface area contributed by atoms with E-state index in [-0.39, 0.29) is 0 Å². The van der Waals surface area contributed by atoms with E-state index in [4.69, 9.17) is 5.73 Å². The highest BCUT2D eigenvalue weighted by Crippen LogP contribution is 2.24. The second-order valence-electron chi connectivity index (χ2n) is 5.95. The Bertz CT molecular complexity index is 404. The van der Waals surface area contributed by atoms with Gasteiger partial charge in [0.05, 0.1) is 0 Å². The van der Waals surface area contributed by atoms with Crippen molar-refractivity contribution in [3.05, 3.63) is 29.8 Å². The lowest BCUT2D eigenvalue weighted by molar-refractivity contribution is 0.0938. The molecule has 3 rings (SSSR count). The molecule has 1 heterocycles. The lowest BCUT2D eigenvalue weighted by Crippen LogP contribution is -2.49. The molecule has 1 aromatic rings. The number of hydrogen-bond donors (Lipinski definition) is 1. The highest BCUT2D eigenvalue weighted by Gasteiger charge is 2.26. The van der Waals surface area contributed by atoms with Gasteiger partial charge >= 0.3 is 0 Å². The third-order valence-electron chi connectivity index (χ3n) is 4.70. The summed E-state index contributed by atoms with van der Waals surface area (Å²) in [5.41, 5.74) is 8.23. The van der Waals surface area contributed by atoms with Gasteiger partial charge in [0.15, 0.2) is 0 Å². The van der Waals surface area contributed by atoms with Crippen LogP contribution in [0, 0.1) is 0 Å². The normalized spacial score (nSPS) is 22.9. The Labute approximate surface area is 116 Å². The van der Waals surface area contributed by atoms with E-state index in [1.165, 1.54) is 57.4 Å². The number of piperazine rings is 1. The molecule has 0 bridgehead atoms. The molecule has 1 aliphatic heterocycles. The molecule has 19 heavy (non-hydrogen) atoms. The predicted molar refractivity (Wildman–Crippen MR) is 80.0 cm³/mol. The van der Waals surface area contributed by atoms with Crippen LogP contribution in [0.4, 0.5) is 5.69 Å². The lowest BCUT2D eigenvalue weighted by atomic mass is 10.1. The van der Waals surface area contributed by atoms with E-state index >= 15 is 0 Å². The predicted octanol–water partition coefficient (Wildman–Crippen LogP) is 2.33. The fourth-order valence-electron chi connectivity index (χ4n) is 3.48. The monoisotopic (exact) mass is 259 g/mol. The summed E-state index contributed by atoms with van der Waals surface area (Å²) in [7, 11) is 0. The molecule has 3 nitrogen and oxygen atoms in total. The third kappa shape index (κ3) is 3.10. The minimum absolute atomic E-state index is 0.879. The average Bonchev–Trinajstić information content (AvgIpc) is 2.96. The Morgan fingerprint density at radius 2 is 1.68 bits per heavy atom. The summed E-state index contributed by atoms with van der Waals surface area (Å²) in [5.74, 6) is 0. The van der Waals surface area contributed by atoms with Crippen LogP contribution in [0.15, 0.2) is 24.3 Å². The number of nitrogens with two attached hydrogens (primary N) is 1. The molecule has 0 atom stereocenters. The Hall–Kier alpha value is -1.06. The van der Waals surface area contributed by atoms with Gasteiger partial charge < -0.3 is 5.73 Å². The van der Waals surface area contributed by atoms with Gasteiger partial charge in [-0.2, -0.15) is 0 Å². The summed E-state index contributed by atoms with van der Waals surface area (Å²) in [6.07, 6.45) is 5.72. The van der Waals surface area contributed by atoms with E-state index in [1.807, 2.05) is 12.1 Å². The smallest absolute Gasteiger partial charge is 0.0359 e. The number of anilines is 1. The van der Waals surface area contributed by atoms with Gasteiger partial charge in [0.25, 0.3) is 0 Å². The van der Waals surface area contributed by atoms with E-state index < -0.39 is 0 Å². The topological polar surface area (TPSA) is 32.5 Å². The lowest BCUT2D eigenvalue weighted by Gasteiger charge is -2.38. The van der Waals surface area contributed by atoms with Crippen LogP contribution in [0.5, 0.6) is 0 Å². The fraction of sp³-hybridized carbons (Fsp3) is 0.625. The van der Waals surface area contributed by atoms with Gasteiger partial charge in [-0.3, -0.25) is 9.80 Å². The maximum Gasteiger partial charge on any atom is 0.0359 e. The van der Waals surface area contributed by atoms with E-state index in [0.717, 1.165) is 18.3 Å². The molecular weight excluding hydrogens is 234 g/mol. The number of nitrogens with zero attached hydrogens (tertiary/aromatic N) is 2. The van der Waals surface area contributed by atoms with E-state index in [0.29, 0.717) is 0 Å². The molecule has 1 saturated carbocycles. The quantitative estimate of drug-likeness (QED) is 0.846. The van der Waals surface area contributed by atoms with E-state index in [2.05, 4.69) is 21.9 Å². The molecule has 2 N–H and O–H groups in total. The van der Waals surface area contributed by atoms with Crippen molar-refractivity contribution in [3.8, 4) is 0 Å². The zero-order valence-corrected chi connectivity index (χ0v) is 11.7. The molecule has 0 unspecified atom stereocenters. The van der Waals surface area contributed by atoms with Gasteiger partial charge in [-0.25, -0.2) is 0 Å². The first-order valence-electron chi connectivity index (χ1n) is 7.63. The number of rotatable bonds is 3. The molecular formula is C16H25N3. The SMILES string of the molecule is Nc1ccccc1CN1CCN(C2CCCC2)CC1. The van der Waals surface area contributed by atoms with Gasteiger partial charge in [-0.05, 0) is 24.5 Å². The van der Waals surface area contributed by atoms with Gasteiger partial charge in [0, 0.05) is 44.5 Å². The average molecular weight is 259 g/mol. The first kappa shape index (κ1) is 12.9. The van der Waals surface area contributed by atoms with Crippen LogP contribution in [0.25, 0.3) is 0 Å². The van der Waals surface area contributed by atoms with E-state index in [9.17, 15) is 0 Å². The molecule has 0 radical (unpaired) electrons. The first-order chi connectivity index (χ1) is 9.33. The summed E-state index contributed by atoms with van der Waals surface area (Å²) in [4.78, 5) is 5.25. The van der Waals surface area contributed by atoms with Crippen molar-refractivity contribution < 1.29 is 0 Å². The molecule has 0 spiro atoms. The third-order valence-corrected chi connectivity index (χ3v) is 4.70. The van der Waals surface area contributed by atoms with Gasteiger partial charge in [-0.1, -0.05) is 31.0 Å². The standard InChI is InChI=1S/C16H25N3/c17-16-8-4-1-5-14(16)13-18-9-11-19(12-10-18)15-6-2-3-7-15/h1,4-5,8,15H,2-3,6-7,9-13,17H2. The minimum atomic E-state index is 0.879. The number of para-hydroxylation sites is 1. The Morgan fingerprint density at radius 3 is 2.37 bits per heavy atom. The zero-order valence-electron chi connectivity index (χ0n) is 11.7. The summed E-state index contributed by atoms with van der Waals surface area (Å²) in [6.45, 7) is 5.84. The summed E-state index contributed by atoms with van der Waals surface area (Å²) >= 11 is 0. The molecule has 1 aliphatic carbocycles. The van der Waals surface area contributed by atoms with Crippen LogP contribution < -0.4 is 5.73 Å². The van der Waals surface area contributed by atoms with Crippen molar-refractivity contribution in [2.75, 3.05) is 31.9 Å². The van der Waals surface area contributed by atoms with Gasteiger partial charge in [-0.15, -0.1) is 0 Å². The fourth-order valence-corrected chi connectivity index (χ4v) is 3.48. The summed E-state index contributed by atoms with van der Waals surface area (Å²) in [6, 6.07) is 9.13. The van der Waals surface area contributed by atoms with E-state index in [1.54, 1.807) is 0 Å². The number of nitrogen functional groups attached to an aromatic ring is 1. The highest BCUT2D eigenvalue weighted by molar-refractivity contribution is 5.46. The van der Waals surface area contributed by atoms with Crippen molar-refractivity contribution in [1.29, 1.82) is 0 Å². The molecule has 1 aromatic carbocycles. The number of benzene rings is 1. The Morgan fingerprint density at radius 1 is 1.00 bits per heavy atom. The Kier molecular flexibility index (Phi) is 4.04. The van der Waals surface area contributed by atoms with Crippen molar-refractivity contribution in [2.24, 2.45) is 0 Å². The Balaban J connectivity index is 1.51. The second-order valence-corrected chi connectivity index (χ2v) is 5.95. The molecule has 0 amide bonds. The molecule has 3 heteroatoms. The molecule has 1 saturated heterocycles. The molecule has 2 aliphatic rings. The van der Waals surface area contributed by atoms with Gasteiger partial charge in [0.1, 0.15) is 0 Å². The summed E-state index contributed by atoms with van der Waals surface area (Å²) < 4.78 is 0. The van der Waals surface area contributed by atoms with Crippen molar-refractivity contribution in [1.82, 2.24) is 9.80 Å². The van der Waals surface area contributed by atoms with Crippen molar-refractivity contribution in [3.63, 3.8) is 0 Å². The van der Waals surface area contributed by atoms with Crippen LogP contribution in [-0.2, 0) is 6.54 Å².